The average Bonchev–Trinajstić information content (AvgIpc) is 3.10. The van der Waals surface area contributed by atoms with Gasteiger partial charge in [-0.3, -0.25) is 14.5 Å². The molecular weight excluding hydrogens is 358 g/mol. The van der Waals surface area contributed by atoms with E-state index in [0.717, 1.165) is 5.75 Å². The first kappa shape index (κ1) is 19.2. The first-order chi connectivity index (χ1) is 13.5. The molecule has 0 unspecified atom stereocenters. The maximum absolute atomic E-state index is 12.2. The molecule has 1 aromatic heterocycles. The quantitative estimate of drug-likeness (QED) is 0.666. The maximum atomic E-state index is 12.2. The van der Waals surface area contributed by atoms with E-state index in [4.69, 9.17) is 9.26 Å². The van der Waals surface area contributed by atoms with Crippen LogP contribution >= 0.6 is 0 Å². The van der Waals surface area contributed by atoms with Crippen LogP contribution in [-0.2, 0) is 9.59 Å². The summed E-state index contributed by atoms with van der Waals surface area (Å²) in [6, 6.07) is 18.2. The van der Waals surface area contributed by atoms with Gasteiger partial charge in [-0.05, 0) is 43.3 Å². The fourth-order valence-corrected chi connectivity index (χ4v) is 2.58. The molecule has 28 heavy (non-hydrogen) atoms. The number of hydrogen-bond donors (Lipinski definition) is 1. The Bertz CT molecular complexity index is 936. The molecule has 0 atom stereocenters. The number of carbonyl (C=O) groups is 2. The number of benzene rings is 2. The number of amides is 2. The number of ether oxygens (including phenoxy) is 1. The second kappa shape index (κ2) is 8.85. The van der Waals surface area contributed by atoms with Crippen LogP contribution in [0.5, 0.6) is 11.5 Å². The molecule has 0 saturated carbocycles. The van der Waals surface area contributed by atoms with Gasteiger partial charge in [0.25, 0.3) is 0 Å². The molecule has 0 spiro atoms. The smallest absolute Gasteiger partial charge is 0.226 e. The zero-order valence-corrected chi connectivity index (χ0v) is 15.7. The van der Waals surface area contributed by atoms with Crippen LogP contribution in [0.4, 0.5) is 11.5 Å². The fraction of sp³-hybridized carbons (Fsp3) is 0.190. The van der Waals surface area contributed by atoms with Gasteiger partial charge in [0.1, 0.15) is 17.3 Å². The summed E-state index contributed by atoms with van der Waals surface area (Å²) in [6.07, 6.45) is 0.133. The molecule has 3 aromatic rings. The second-order valence-electron chi connectivity index (χ2n) is 6.20. The number of rotatable bonds is 7. The molecule has 144 valence electrons. The molecule has 3 rings (SSSR count). The largest absolute Gasteiger partial charge is 0.457 e. The van der Waals surface area contributed by atoms with Crippen molar-refractivity contribution in [2.45, 2.75) is 20.3 Å². The summed E-state index contributed by atoms with van der Waals surface area (Å²) in [5.41, 5.74) is 0.650. The van der Waals surface area contributed by atoms with Gasteiger partial charge in [0.2, 0.25) is 11.8 Å². The average molecular weight is 379 g/mol. The van der Waals surface area contributed by atoms with Crippen molar-refractivity contribution in [3.63, 3.8) is 0 Å². The molecule has 0 bridgehead atoms. The zero-order chi connectivity index (χ0) is 19.9. The Morgan fingerprint density at radius 2 is 1.75 bits per heavy atom. The number of nitrogens with zero attached hydrogens (tertiary/aromatic N) is 2. The highest BCUT2D eigenvalue weighted by Gasteiger charge is 2.17. The molecule has 0 fully saturated rings. The first-order valence-electron chi connectivity index (χ1n) is 8.85. The van der Waals surface area contributed by atoms with Crippen molar-refractivity contribution in [2.75, 3.05) is 16.8 Å². The van der Waals surface area contributed by atoms with E-state index in [-0.39, 0.29) is 24.8 Å². The van der Waals surface area contributed by atoms with Gasteiger partial charge >= 0.3 is 0 Å². The number of nitrogens with one attached hydrogen (secondary N) is 1. The van der Waals surface area contributed by atoms with Crippen molar-refractivity contribution >= 4 is 23.3 Å². The van der Waals surface area contributed by atoms with E-state index in [2.05, 4.69) is 10.5 Å². The summed E-state index contributed by atoms with van der Waals surface area (Å²) < 4.78 is 10.7. The zero-order valence-electron chi connectivity index (χ0n) is 15.7. The molecule has 1 N–H and O–H groups in total. The normalized spacial score (nSPS) is 10.4. The van der Waals surface area contributed by atoms with Crippen molar-refractivity contribution in [3.05, 3.63) is 66.4 Å². The molecule has 2 aromatic carbocycles. The highest BCUT2D eigenvalue weighted by Crippen LogP contribution is 2.22. The standard InChI is InChI=1S/C21H21N3O4/c1-15-14-20(23-28-15)24(16(2)25)13-12-21(26)22-17-8-10-19(11-9-17)27-18-6-4-3-5-7-18/h3-11,14H,12-13H2,1-2H3,(H,22,26). The first-order valence-corrected chi connectivity index (χ1v) is 8.85. The van der Waals surface area contributed by atoms with Gasteiger partial charge in [0.15, 0.2) is 5.82 Å². The minimum absolute atomic E-state index is 0.133. The van der Waals surface area contributed by atoms with Gasteiger partial charge in [-0.15, -0.1) is 0 Å². The van der Waals surface area contributed by atoms with Crippen molar-refractivity contribution in [1.29, 1.82) is 0 Å². The van der Waals surface area contributed by atoms with Crippen LogP contribution in [0.3, 0.4) is 0 Å². The van der Waals surface area contributed by atoms with Crippen LogP contribution in [0, 0.1) is 6.92 Å². The van der Waals surface area contributed by atoms with E-state index in [9.17, 15) is 9.59 Å². The van der Waals surface area contributed by atoms with Crippen molar-refractivity contribution < 1.29 is 18.8 Å². The third kappa shape index (κ3) is 5.20. The van der Waals surface area contributed by atoms with Crippen molar-refractivity contribution in [2.24, 2.45) is 0 Å². The van der Waals surface area contributed by atoms with Crippen LogP contribution in [0.2, 0.25) is 0 Å². The minimum Gasteiger partial charge on any atom is -0.457 e. The molecule has 0 aliphatic carbocycles. The van der Waals surface area contributed by atoms with Crippen LogP contribution in [0.1, 0.15) is 19.1 Å². The number of hydrogen-bond acceptors (Lipinski definition) is 5. The second-order valence-corrected chi connectivity index (χ2v) is 6.20. The Morgan fingerprint density at radius 3 is 2.36 bits per heavy atom. The van der Waals surface area contributed by atoms with E-state index >= 15 is 0 Å². The highest BCUT2D eigenvalue weighted by molar-refractivity contribution is 5.94. The SMILES string of the molecule is CC(=O)N(CCC(=O)Nc1ccc(Oc2ccccc2)cc1)c1cc(C)on1. The molecule has 7 nitrogen and oxygen atoms in total. The predicted molar refractivity (Wildman–Crippen MR) is 105 cm³/mol. The third-order valence-corrected chi connectivity index (χ3v) is 3.95. The molecule has 0 aliphatic rings. The summed E-state index contributed by atoms with van der Waals surface area (Å²) in [5.74, 6) is 2.01. The molecule has 1 heterocycles. The van der Waals surface area contributed by atoms with E-state index in [1.54, 1.807) is 37.3 Å². The van der Waals surface area contributed by atoms with E-state index in [0.29, 0.717) is 23.0 Å². The summed E-state index contributed by atoms with van der Waals surface area (Å²) in [4.78, 5) is 25.4. The fourth-order valence-electron chi connectivity index (χ4n) is 2.58. The Kier molecular flexibility index (Phi) is 6.06. The van der Waals surface area contributed by atoms with Gasteiger partial charge in [-0.25, -0.2) is 0 Å². The lowest BCUT2D eigenvalue weighted by Crippen LogP contribution is -2.32. The molecule has 7 heteroatoms. The Hall–Kier alpha value is -3.61. The lowest BCUT2D eigenvalue weighted by molar-refractivity contribution is -0.117. The van der Waals surface area contributed by atoms with Crippen LogP contribution in [-0.4, -0.2) is 23.5 Å². The topological polar surface area (TPSA) is 84.7 Å². The number of para-hydroxylation sites is 1. The molecular formula is C21H21N3O4. The number of aryl methyl sites for hydroxylation is 1. The lowest BCUT2D eigenvalue weighted by Gasteiger charge is -2.17. The van der Waals surface area contributed by atoms with Gasteiger partial charge in [0, 0.05) is 31.6 Å². The summed E-state index contributed by atoms with van der Waals surface area (Å²) >= 11 is 0. The van der Waals surface area contributed by atoms with Gasteiger partial charge in [0.05, 0.1) is 0 Å². The van der Waals surface area contributed by atoms with Gasteiger partial charge < -0.3 is 14.6 Å². The van der Waals surface area contributed by atoms with Crippen LogP contribution < -0.4 is 15.0 Å². The van der Waals surface area contributed by atoms with Gasteiger partial charge in [-0.2, -0.15) is 0 Å². The van der Waals surface area contributed by atoms with E-state index < -0.39 is 0 Å². The Labute approximate surface area is 162 Å². The maximum Gasteiger partial charge on any atom is 0.226 e. The monoisotopic (exact) mass is 379 g/mol. The highest BCUT2D eigenvalue weighted by atomic mass is 16.5. The van der Waals surface area contributed by atoms with Crippen LogP contribution in [0.25, 0.3) is 0 Å². The third-order valence-electron chi connectivity index (χ3n) is 3.95. The number of carbonyl (C=O) groups excluding carboxylic acids is 2. The van der Waals surface area contributed by atoms with Gasteiger partial charge in [-0.1, -0.05) is 23.4 Å². The van der Waals surface area contributed by atoms with Crippen LogP contribution in [0.15, 0.2) is 65.2 Å². The molecule has 0 radical (unpaired) electrons. The Morgan fingerprint density at radius 1 is 1.07 bits per heavy atom. The summed E-state index contributed by atoms with van der Waals surface area (Å²) in [6.45, 7) is 3.38. The Balaban J connectivity index is 1.53. The molecule has 2 amide bonds. The molecule has 0 aliphatic heterocycles. The van der Waals surface area contributed by atoms with E-state index in [1.165, 1.54) is 11.8 Å². The predicted octanol–water partition coefficient (Wildman–Crippen LogP) is 4.16. The lowest BCUT2D eigenvalue weighted by atomic mass is 10.2. The number of aromatic nitrogens is 1. The van der Waals surface area contributed by atoms with E-state index in [1.807, 2.05) is 30.3 Å². The number of anilines is 2. The molecule has 0 saturated heterocycles. The summed E-state index contributed by atoms with van der Waals surface area (Å²) in [5, 5.41) is 6.64. The van der Waals surface area contributed by atoms with Crippen molar-refractivity contribution in [3.8, 4) is 11.5 Å². The summed E-state index contributed by atoms with van der Waals surface area (Å²) in [7, 11) is 0. The minimum atomic E-state index is -0.205. The van der Waals surface area contributed by atoms with Crippen molar-refractivity contribution in [1.82, 2.24) is 5.16 Å².